The van der Waals surface area contributed by atoms with Crippen molar-refractivity contribution in [3.63, 3.8) is 0 Å². The lowest BCUT2D eigenvalue weighted by atomic mass is 10.2. The topological polar surface area (TPSA) is 75.9 Å². The minimum absolute atomic E-state index is 0.268. The Labute approximate surface area is 125 Å². The highest BCUT2D eigenvalue weighted by atomic mass is 16.4. The number of nitrogens with zero attached hydrogens (tertiary/aromatic N) is 3. The molecule has 2 aromatic rings. The summed E-state index contributed by atoms with van der Waals surface area (Å²) in [5.41, 5.74) is 1.91. The second-order valence-corrected chi connectivity index (χ2v) is 5.41. The maximum Gasteiger partial charge on any atom is 0.213 e. The van der Waals surface area contributed by atoms with Gasteiger partial charge in [-0.25, -0.2) is 15.0 Å². The molecule has 0 fully saturated rings. The molecule has 0 aliphatic heterocycles. The number of aromatic nitrogens is 3. The number of oxazole rings is 1. The standard InChI is InChI=1S/C15H23N5O/c1-8(2)13-19-14(16-6)9(3)15(20-13)17-7-12-18-10(4)11(5)21-12/h8H,7H2,1-6H3,(H2,16,17,19,20). The predicted octanol–water partition coefficient (Wildman–Crippen LogP) is 3.17. The number of nitrogens with one attached hydrogen (secondary N) is 2. The third-order valence-corrected chi connectivity index (χ3v) is 3.40. The third kappa shape index (κ3) is 3.32. The summed E-state index contributed by atoms with van der Waals surface area (Å²) in [6, 6.07) is 0. The highest BCUT2D eigenvalue weighted by Crippen LogP contribution is 2.23. The summed E-state index contributed by atoms with van der Waals surface area (Å²) in [5, 5.41) is 6.40. The molecular weight excluding hydrogens is 266 g/mol. The molecule has 0 unspecified atom stereocenters. The van der Waals surface area contributed by atoms with Gasteiger partial charge in [-0.1, -0.05) is 13.8 Å². The van der Waals surface area contributed by atoms with Gasteiger partial charge in [-0.3, -0.25) is 0 Å². The fourth-order valence-corrected chi connectivity index (χ4v) is 1.98. The molecule has 2 rings (SSSR count). The van der Waals surface area contributed by atoms with Crippen LogP contribution in [0.5, 0.6) is 0 Å². The molecule has 114 valence electrons. The molecule has 0 atom stereocenters. The van der Waals surface area contributed by atoms with Crippen LogP contribution >= 0.6 is 0 Å². The van der Waals surface area contributed by atoms with Crippen molar-refractivity contribution in [2.24, 2.45) is 0 Å². The van der Waals surface area contributed by atoms with Crippen LogP contribution in [0, 0.1) is 20.8 Å². The first-order chi connectivity index (χ1) is 9.92. The van der Waals surface area contributed by atoms with E-state index in [2.05, 4.69) is 39.4 Å². The third-order valence-electron chi connectivity index (χ3n) is 3.40. The summed E-state index contributed by atoms with van der Waals surface area (Å²) >= 11 is 0. The van der Waals surface area contributed by atoms with Crippen LogP contribution in [0.1, 0.15) is 48.5 Å². The zero-order valence-electron chi connectivity index (χ0n) is 13.5. The van der Waals surface area contributed by atoms with Gasteiger partial charge in [0.1, 0.15) is 23.2 Å². The van der Waals surface area contributed by atoms with Crippen LogP contribution in [0.25, 0.3) is 0 Å². The molecule has 0 radical (unpaired) electrons. The first-order valence-electron chi connectivity index (χ1n) is 7.15. The van der Waals surface area contributed by atoms with E-state index in [0.29, 0.717) is 12.4 Å². The molecule has 0 spiro atoms. The quantitative estimate of drug-likeness (QED) is 0.880. The van der Waals surface area contributed by atoms with Crippen LogP contribution in [0.15, 0.2) is 4.42 Å². The van der Waals surface area contributed by atoms with Crippen molar-refractivity contribution < 1.29 is 4.42 Å². The van der Waals surface area contributed by atoms with Gasteiger partial charge in [0.25, 0.3) is 0 Å². The Morgan fingerprint density at radius 1 is 1.05 bits per heavy atom. The van der Waals surface area contributed by atoms with E-state index in [1.54, 1.807) is 0 Å². The summed E-state index contributed by atoms with van der Waals surface area (Å²) in [6.45, 7) is 10.5. The van der Waals surface area contributed by atoms with Crippen LogP contribution in [0.4, 0.5) is 11.6 Å². The Morgan fingerprint density at radius 2 is 1.71 bits per heavy atom. The highest BCUT2D eigenvalue weighted by Gasteiger charge is 2.13. The lowest BCUT2D eigenvalue weighted by molar-refractivity contribution is 0.478. The van der Waals surface area contributed by atoms with E-state index in [0.717, 1.165) is 34.5 Å². The normalized spacial score (nSPS) is 11.0. The molecule has 6 heteroatoms. The molecule has 21 heavy (non-hydrogen) atoms. The lowest BCUT2D eigenvalue weighted by Gasteiger charge is -2.14. The molecule has 0 saturated heterocycles. The summed E-state index contributed by atoms with van der Waals surface area (Å²) < 4.78 is 5.58. The molecule has 2 N–H and O–H groups in total. The van der Waals surface area contributed by atoms with Gasteiger partial charge in [-0.15, -0.1) is 0 Å². The van der Waals surface area contributed by atoms with Crippen molar-refractivity contribution in [1.82, 2.24) is 15.0 Å². The van der Waals surface area contributed by atoms with Gasteiger partial charge in [-0.2, -0.15) is 0 Å². The van der Waals surface area contributed by atoms with Gasteiger partial charge < -0.3 is 15.1 Å². The Hall–Kier alpha value is -2.11. The zero-order valence-corrected chi connectivity index (χ0v) is 13.5. The van der Waals surface area contributed by atoms with E-state index >= 15 is 0 Å². The van der Waals surface area contributed by atoms with E-state index in [1.165, 1.54) is 0 Å². The zero-order chi connectivity index (χ0) is 15.6. The van der Waals surface area contributed by atoms with Gasteiger partial charge in [-0.05, 0) is 20.8 Å². The molecule has 0 aliphatic rings. The Morgan fingerprint density at radius 3 is 2.24 bits per heavy atom. The monoisotopic (exact) mass is 289 g/mol. The van der Waals surface area contributed by atoms with Crippen molar-refractivity contribution in [2.45, 2.75) is 47.1 Å². The van der Waals surface area contributed by atoms with Crippen LogP contribution in [0.3, 0.4) is 0 Å². The molecule has 0 aliphatic carbocycles. The van der Waals surface area contributed by atoms with Gasteiger partial charge in [0.05, 0.1) is 12.2 Å². The van der Waals surface area contributed by atoms with Crippen molar-refractivity contribution in [1.29, 1.82) is 0 Å². The fourth-order valence-electron chi connectivity index (χ4n) is 1.98. The number of anilines is 2. The van der Waals surface area contributed by atoms with Crippen LogP contribution < -0.4 is 10.6 Å². The van der Waals surface area contributed by atoms with Crippen LogP contribution in [-0.4, -0.2) is 22.0 Å². The second-order valence-electron chi connectivity index (χ2n) is 5.41. The first kappa shape index (κ1) is 15.3. The summed E-state index contributed by atoms with van der Waals surface area (Å²) in [6.07, 6.45) is 0. The molecule has 0 bridgehead atoms. The Bertz CT molecular complexity index is 614. The molecule has 6 nitrogen and oxygen atoms in total. The first-order valence-corrected chi connectivity index (χ1v) is 7.15. The van der Waals surface area contributed by atoms with E-state index in [-0.39, 0.29) is 5.92 Å². The smallest absolute Gasteiger partial charge is 0.213 e. The molecule has 0 amide bonds. The van der Waals surface area contributed by atoms with Crippen molar-refractivity contribution in [3.05, 3.63) is 28.7 Å². The SMILES string of the molecule is CNc1nc(C(C)C)nc(NCc2nc(C)c(C)o2)c1C. The van der Waals surface area contributed by atoms with E-state index in [4.69, 9.17) is 4.42 Å². The highest BCUT2D eigenvalue weighted by molar-refractivity contribution is 5.57. The summed E-state index contributed by atoms with van der Waals surface area (Å²) in [7, 11) is 1.87. The minimum Gasteiger partial charge on any atom is -0.444 e. The molecule has 0 saturated carbocycles. The van der Waals surface area contributed by atoms with E-state index in [1.807, 2.05) is 27.8 Å². The second kappa shape index (κ2) is 6.11. The van der Waals surface area contributed by atoms with Crippen molar-refractivity contribution >= 4 is 11.6 Å². The molecule has 2 aromatic heterocycles. The molecule has 0 aromatic carbocycles. The number of rotatable bonds is 5. The van der Waals surface area contributed by atoms with Gasteiger partial charge in [0, 0.05) is 18.5 Å². The van der Waals surface area contributed by atoms with Gasteiger partial charge >= 0.3 is 0 Å². The summed E-state index contributed by atoms with van der Waals surface area (Å²) in [4.78, 5) is 13.5. The maximum absolute atomic E-state index is 5.58. The fraction of sp³-hybridized carbons (Fsp3) is 0.533. The maximum atomic E-state index is 5.58. The number of aryl methyl sites for hydroxylation is 2. The predicted molar refractivity (Wildman–Crippen MR) is 83.7 cm³/mol. The van der Waals surface area contributed by atoms with Crippen molar-refractivity contribution in [3.8, 4) is 0 Å². The van der Waals surface area contributed by atoms with Gasteiger partial charge in [0.15, 0.2) is 0 Å². The number of hydrogen-bond donors (Lipinski definition) is 2. The van der Waals surface area contributed by atoms with E-state index < -0.39 is 0 Å². The largest absolute Gasteiger partial charge is 0.444 e. The number of hydrogen-bond acceptors (Lipinski definition) is 6. The lowest BCUT2D eigenvalue weighted by Crippen LogP contribution is -2.10. The Balaban J connectivity index is 2.24. The van der Waals surface area contributed by atoms with Crippen LogP contribution in [-0.2, 0) is 6.54 Å². The Kier molecular flexibility index (Phi) is 4.45. The van der Waals surface area contributed by atoms with Crippen LogP contribution in [0.2, 0.25) is 0 Å². The summed E-state index contributed by atoms with van der Waals surface area (Å²) in [5.74, 6) is 4.25. The van der Waals surface area contributed by atoms with E-state index in [9.17, 15) is 0 Å². The average molecular weight is 289 g/mol. The molecule has 2 heterocycles. The van der Waals surface area contributed by atoms with Crippen molar-refractivity contribution in [2.75, 3.05) is 17.7 Å². The average Bonchev–Trinajstić information content (AvgIpc) is 2.76. The van der Waals surface area contributed by atoms with Gasteiger partial charge in [0.2, 0.25) is 5.89 Å². The minimum atomic E-state index is 0.268. The molecular formula is C15H23N5O.